The average molecular weight is 391 g/mol. The summed E-state index contributed by atoms with van der Waals surface area (Å²) in [6.45, 7) is 8.82. The second-order valence-corrected chi connectivity index (χ2v) is 9.37. The molecule has 0 radical (unpaired) electrons. The van der Waals surface area contributed by atoms with Crippen molar-refractivity contribution in [3.63, 3.8) is 0 Å². The lowest BCUT2D eigenvalue weighted by Crippen LogP contribution is -2.35. The molecule has 0 saturated carbocycles. The number of anilines is 1. The number of hydrogen-bond acceptors (Lipinski definition) is 2. The molecule has 26 heavy (non-hydrogen) atoms. The molecule has 3 rings (SSSR count). The normalized spacial score (nSPS) is 23.2. The first-order valence-corrected chi connectivity index (χ1v) is 10.1. The zero-order valence-electron chi connectivity index (χ0n) is 15.7. The first-order valence-electron chi connectivity index (χ1n) is 9.30. The summed E-state index contributed by atoms with van der Waals surface area (Å²) in [5, 5.41) is 8.94. The number of rotatable bonds is 5. The molecule has 1 fully saturated rings. The second kappa shape index (κ2) is 8.21. The smallest absolute Gasteiger partial charge is 0.0426 e. The van der Waals surface area contributed by atoms with E-state index in [1.165, 1.54) is 5.56 Å². The van der Waals surface area contributed by atoms with Crippen molar-refractivity contribution in [2.75, 3.05) is 18.4 Å². The van der Waals surface area contributed by atoms with E-state index in [1.54, 1.807) is 0 Å². The van der Waals surface area contributed by atoms with Crippen molar-refractivity contribution in [1.82, 2.24) is 5.32 Å². The summed E-state index contributed by atoms with van der Waals surface area (Å²) in [5.41, 5.74) is 2.68. The quantitative estimate of drug-likeness (QED) is 0.633. The lowest BCUT2D eigenvalue weighted by atomic mass is 9.79. The minimum Gasteiger partial charge on any atom is -0.385 e. The molecule has 0 amide bonds. The Hall–Kier alpha value is -1.22. The third kappa shape index (κ3) is 5.16. The Morgan fingerprint density at radius 1 is 1.04 bits per heavy atom. The van der Waals surface area contributed by atoms with E-state index in [4.69, 9.17) is 23.2 Å². The number of halogens is 2. The van der Waals surface area contributed by atoms with Gasteiger partial charge in [-0.15, -0.1) is 0 Å². The van der Waals surface area contributed by atoms with Gasteiger partial charge >= 0.3 is 0 Å². The van der Waals surface area contributed by atoms with Crippen LogP contribution in [0.15, 0.2) is 48.5 Å². The van der Waals surface area contributed by atoms with E-state index < -0.39 is 0 Å². The van der Waals surface area contributed by atoms with Gasteiger partial charge in [0.25, 0.3) is 0 Å². The zero-order valence-corrected chi connectivity index (χ0v) is 17.2. The Morgan fingerprint density at radius 2 is 1.73 bits per heavy atom. The van der Waals surface area contributed by atoms with Gasteiger partial charge in [-0.25, -0.2) is 0 Å². The van der Waals surface area contributed by atoms with E-state index >= 15 is 0 Å². The van der Waals surface area contributed by atoms with Crippen molar-refractivity contribution in [2.45, 2.75) is 39.2 Å². The average Bonchev–Trinajstić information content (AvgIpc) is 2.94. The lowest BCUT2D eigenvalue weighted by molar-refractivity contribution is 0.286. The summed E-state index contributed by atoms with van der Waals surface area (Å²) < 4.78 is 0. The highest BCUT2D eigenvalue weighted by Gasteiger charge is 2.38. The van der Waals surface area contributed by atoms with Gasteiger partial charge in [0.15, 0.2) is 0 Å². The first kappa shape index (κ1) is 19.5. The van der Waals surface area contributed by atoms with Crippen LogP contribution in [0.25, 0.3) is 0 Å². The van der Waals surface area contributed by atoms with Crippen LogP contribution in [0.3, 0.4) is 0 Å². The van der Waals surface area contributed by atoms with Gasteiger partial charge in [0.1, 0.15) is 0 Å². The topological polar surface area (TPSA) is 24.1 Å². The molecule has 0 aromatic heterocycles. The van der Waals surface area contributed by atoms with Crippen LogP contribution >= 0.6 is 23.2 Å². The van der Waals surface area contributed by atoms with Crippen LogP contribution in [0, 0.1) is 11.3 Å². The Kier molecular flexibility index (Phi) is 6.17. The van der Waals surface area contributed by atoms with E-state index in [9.17, 15) is 0 Å². The maximum Gasteiger partial charge on any atom is 0.0426 e. The van der Waals surface area contributed by atoms with Crippen LogP contribution in [0.5, 0.6) is 0 Å². The highest BCUT2D eigenvalue weighted by Crippen LogP contribution is 2.37. The molecule has 3 unspecified atom stereocenters. The fraction of sp³-hybridized carbons (Fsp3) is 0.455. The third-order valence-electron chi connectivity index (χ3n) is 5.11. The second-order valence-electron chi connectivity index (χ2n) is 8.50. The molecule has 2 N–H and O–H groups in total. The summed E-state index contributed by atoms with van der Waals surface area (Å²) in [4.78, 5) is 0. The summed E-state index contributed by atoms with van der Waals surface area (Å²) in [6.07, 6.45) is 1.14. The Balaban J connectivity index is 1.79. The summed E-state index contributed by atoms with van der Waals surface area (Å²) in [7, 11) is 0. The summed E-state index contributed by atoms with van der Waals surface area (Å²) in [5.74, 6) is 0.944. The maximum atomic E-state index is 6.25. The summed E-state index contributed by atoms with van der Waals surface area (Å²) in [6, 6.07) is 16.7. The Labute approximate surface area is 167 Å². The predicted octanol–water partition coefficient (Wildman–Crippen LogP) is 6.21. The van der Waals surface area contributed by atoms with Crippen molar-refractivity contribution < 1.29 is 0 Å². The first-order chi connectivity index (χ1) is 12.3. The van der Waals surface area contributed by atoms with Gasteiger partial charge < -0.3 is 10.6 Å². The van der Waals surface area contributed by atoms with Crippen molar-refractivity contribution >= 4 is 28.9 Å². The van der Waals surface area contributed by atoms with Crippen LogP contribution in [-0.4, -0.2) is 19.1 Å². The fourth-order valence-corrected chi connectivity index (χ4v) is 4.35. The third-order valence-corrected chi connectivity index (χ3v) is 5.58. The monoisotopic (exact) mass is 390 g/mol. The molecule has 0 bridgehead atoms. The van der Waals surface area contributed by atoms with Crippen molar-refractivity contribution in [2.24, 2.45) is 11.3 Å². The van der Waals surface area contributed by atoms with Crippen LogP contribution < -0.4 is 10.6 Å². The number of nitrogens with one attached hydrogen (secondary N) is 2. The fourth-order valence-electron chi connectivity index (χ4n) is 3.97. The van der Waals surface area contributed by atoms with E-state index in [-0.39, 0.29) is 5.41 Å². The van der Waals surface area contributed by atoms with Crippen molar-refractivity contribution in [1.29, 1.82) is 0 Å². The molecule has 4 heteroatoms. The molecule has 140 valence electrons. The molecule has 1 heterocycles. The maximum absolute atomic E-state index is 6.25. The van der Waals surface area contributed by atoms with Crippen LogP contribution in [0.2, 0.25) is 10.0 Å². The lowest BCUT2D eigenvalue weighted by Gasteiger charge is -2.30. The Bertz CT molecular complexity index is 739. The largest absolute Gasteiger partial charge is 0.385 e. The summed E-state index contributed by atoms with van der Waals surface area (Å²) >= 11 is 12.4. The van der Waals surface area contributed by atoms with Crippen molar-refractivity contribution in [3.05, 3.63) is 64.1 Å². The molecule has 2 nitrogen and oxygen atoms in total. The molecule has 1 aliphatic rings. The van der Waals surface area contributed by atoms with Gasteiger partial charge in [0.05, 0.1) is 0 Å². The predicted molar refractivity (Wildman–Crippen MR) is 113 cm³/mol. The van der Waals surface area contributed by atoms with Gasteiger partial charge in [-0.3, -0.25) is 0 Å². The highest BCUT2D eigenvalue weighted by atomic mass is 35.5. The molecule has 1 aliphatic heterocycles. The van der Waals surface area contributed by atoms with E-state index in [1.807, 2.05) is 24.3 Å². The zero-order chi connectivity index (χ0) is 18.7. The van der Waals surface area contributed by atoms with Crippen LogP contribution in [-0.2, 0) is 0 Å². The SMILES string of the molecule is CC(C)(C)CC1NCC(c2cccc(Cl)c2)C1CNc1cccc(Cl)c1. The molecule has 2 aromatic rings. The minimum atomic E-state index is 0.287. The molecule has 3 atom stereocenters. The van der Waals surface area contributed by atoms with Gasteiger partial charge in [-0.1, -0.05) is 62.2 Å². The molecular weight excluding hydrogens is 363 g/mol. The van der Waals surface area contributed by atoms with Gasteiger partial charge in [0, 0.05) is 40.8 Å². The molecule has 0 aliphatic carbocycles. The van der Waals surface area contributed by atoms with E-state index in [2.05, 4.69) is 55.7 Å². The molecule has 2 aromatic carbocycles. The number of hydrogen-bond donors (Lipinski definition) is 2. The molecule has 1 saturated heterocycles. The Morgan fingerprint density at radius 3 is 2.38 bits per heavy atom. The highest BCUT2D eigenvalue weighted by molar-refractivity contribution is 6.31. The molecular formula is C22H28Cl2N2. The van der Waals surface area contributed by atoms with Gasteiger partial charge in [-0.05, 0) is 53.6 Å². The van der Waals surface area contributed by atoms with Crippen LogP contribution in [0.4, 0.5) is 5.69 Å². The van der Waals surface area contributed by atoms with Gasteiger partial charge in [-0.2, -0.15) is 0 Å². The van der Waals surface area contributed by atoms with Crippen molar-refractivity contribution in [3.8, 4) is 0 Å². The minimum absolute atomic E-state index is 0.287. The standard InChI is InChI=1S/C22H28Cl2N2/c1-22(2,3)12-21-20(14-25-18-9-5-8-17(24)11-18)19(13-26-21)15-6-4-7-16(23)10-15/h4-11,19-21,25-26H,12-14H2,1-3H3. The molecule has 0 spiro atoms. The number of benzene rings is 2. The van der Waals surface area contributed by atoms with Gasteiger partial charge in [0.2, 0.25) is 0 Å². The van der Waals surface area contributed by atoms with Crippen LogP contribution in [0.1, 0.15) is 38.7 Å². The van der Waals surface area contributed by atoms with E-state index in [0.717, 1.165) is 35.2 Å². The van der Waals surface area contributed by atoms with E-state index in [0.29, 0.717) is 17.9 Å².